The summed E-state index contributed by atoms with van der Waals surface area (Å²) in [5.74, 6) is -0.163. The molecule has 0 aliphatic carbocycles. The standard InChI is InChI=1S/C23H22N2O4S/c1-15-6-10-19(11-7-15)30(27,28)25-13-20-21(14-25)24-23(26)29-22(20)18-9-8-16-4-2-3-5-17(16)12-18/h2-12,20-22H,13-14H2,1H3,(H,24,26)/t20-,21-,22+/m1/s1. The fourth-order valence-corrected chi connectivity index (χ4v) is 5.90. The number of sulfonamides is 1. The van der Waals surface area contributed by atoms with Crippen LogP contribution in [-0.4, -0.2) is 37.9 Å². The Labute approximate surface area is 175 Å². The first-order chi connectivity index (χ1) is 14.4. The molecular formula is C23H22N2O4S. The monoisotopic (exact) mass is 422 g/mol. The molecule has 2 fully saturated rings. The summed E-state index contributed by atoms with van der Waals surface area (Å²) in [5.41, 5.74) is 1.88. The Bertz CT molecular complexity index is 1220. The lowest BCUT2D eigenvalue weighted by Gasteiger charge is -2.33. The van der Waals surface area contributed by atoms with Crippen LogP contribution in [0.1, 0.15) is 17.2 Å². The number of amides is 1. The summed E-state index contributed by atoms with van der Waals surface area (Å²) in [6.45, 7) is 2.44. The Morgan fingerprint density at radius 1 is 0.967 bits per heavy atom. The van der Waals surface area contributed by atoms with E-state index >= 15 is 0 Å². The highest BCUT2D eigenvalue weighted by Crippen LogP contribution is 2.39. The highest BCUT2D eigenvalue weighted by Gasteiger charge is 2.48. The Balaban J connectivity index is 1.47. The van der Waals surface area contributed by atoms with Gasteiger partial charge in [-0.05, 0) is 41.5 Å². The third kappa shape index (κ3) is 3.24. The van der Waals surface area contributed by atoms with Crippen LogP contribution in [-0.2, 0) is 14.8 Å². The summed E-state index contributed by atoms with van der Waals surface area (Å²) in [4.78, 5) is 12.5. The number of rotatable bonds is 3. The SMILES string of the molecule is Cc1ccc(S(=O)(=O)N2C[C@@H]3[C@@H](C2)NC(=O)O[C@H]3c2ccc3ccccc3c2)cc1. The molecule has 3 atom stereocenters. The number of nitrogens with zero attached hydrogens (tertiary/aromatic N) is 1. The van der Waals surface area contributed by atoms with Crippen molar-refractivity contribution in [3.05, 3.63) is 77.9 Å². The first-order valence-corrected chi connectivity index (χ1v) is 11.4. The van der Waals surface area contributed by atoms with Crippen molar-refractivity contribution in [1.82, 2.24) is 9.62 Å². The topological polar surface area (TPSA) is 75.7 Å². The van der Waals surface area contributed by atoms with Crippen LogP contribution in [0.2, 0.25) is 0 Å². The van der Waals surface area contributed by atoms with Crippen molar-refractivity contribution in [3.63, 3.8) is 0 Å². The van der Waals surface area contributed by atoms with Crippen molar-refractivity contribution < 1.29 is 17.9 Å². The summed E-state index contributed by atoms with van der Waals surface area (Å²) in [7, 11) is -3.64. The Hall–Kier alpha value is -2.90. The fraction of sp³-hybridized carbons (Fsp3) is 0.261. The Morgan fingerprint density at radius 2 is 1.70 bits per heavy atom. The van der Waals surface area contributed by atoms with E-state index in [1.165, 1.54) is 4.31 Å². The summed E-state index contributed by atoms with van der Waals surface area (Å²) < 4.78 is 33.4. The smallest absolute Gasteiger partial charge is 0.408 e. The number of fused-ring (bicyclic) bond motifs is 2. The molecule has 2 saturated heterocycles. The van der Waals surface area contributed by atoms with Crippen LogP contribution in [0.25, 0.3) is 10.8 Å². The van der Waals surface area contributed by atoms with Gasteiger partial charge in [0, 0.05) is 19.0 Å². The van der Waals surface area contributed by atoms with Crippen LogP contribution in [0.5, 0.6) is 0 Å². The van der Waals surface area contributed by atoms with Crippen LogP contribution in [0.3, 0.4) is 0 Å². The zero-order chi connectivity index (χ0) is 20.9. The number of hydrogen-bond acceptors (Lipinski definition) is 4. The van der Waals surface area contributed by atoms with Crippen LogP contribution >= 0.6 is 0 Å². The minimum Gasteiger partial charge on any atom is -0.441 e. The summed E-state index contributed by atoms with van der Waals surface area (Å²) >= 11 is 0. The lowest BCUT2D eigenvalue weighted by atomic mass is 9.89. The van der Waals surface area contributed by atoms with Gasteiger partial charge >= 0.3 is 6.09 Å². The van der Waals surface area contributed by atoms with Crippen molar-refractivity contribution in [2.45, 2.75) is 24.0 Å². The van der Waals surface area contributed by atoms with Gasteiger partial charge in [0.1, 0.15) is 6.10 Å². The average molecular weight is 423 g/mol. The molecule has 6 nitrogen and oxygen atoms in total. The maximum Gasteiger partial charge on any atom is 0.408 e. The van der Waals surface area contributed by atoms with Gasteiger partial charge in [0.25, 0.3) is 0 Å². The zero-order valence-corrected chi connectivity index (χ0v) is 17.3. The van der Waals surface area contributed by atoms with Gasteiger partial charge < -0.3 is 10.1 Å². The molecule has 7 heteroatoms. The molecule has 0 aromatic heterocycles. The summed E-state index contributed by atoms with van der Waals surface area (Å²) in [6, 6.07) is 20.5. The molecule has 0 saturated carbocycles. The number of hydrogen-bond donors (Lipinski definition) is 1. The Morgan fingerprint density at radius 3 is 2.47 bits per heavy atom. The largest absolute Gasteiger partial charge is 0.441 e. The van der Waals surface area contributed by atoms with Gasteiger partial charge in [0.05, 0.1) is 10.9 Å². The van der Waals surface area contributed by atoms with Gasteiger partial charge in [-0.3, -0.25) is 0 Å². The predicted molar refractivity (Wildman–Crippen MR) is 114 cm³/mol. The van der Waals surface area contributed by atoms with E-state index in [4.69, 9.17) is 4.74 Å². The quantitative estimate of drug-likeness (QED) is 0.700. The second-order valence-corrected chi connectivity index (χ2v) is 9.92. The molecule has 154 valence electrons. The molecule has 0 unspecified atom stereocenters. The highest BCUT2D eigenvalue weighted by atomic mass is 32.2. The van der Waals surface area contributed by atoms with Crippen molar-refractivity contribution in [2.24, 2.45) is 5.92 Å². The number of nitrogens with one attached hydrogen (secondary N) is 1. The van der Waals surface area contributed by atoms with E-state index in [0.717, 1.165) is 21.9 Å². The second-order valence-electron chi connectivity index (χ2n) is 7.98. The summed E-state index contributed by atoms with van der Waals surface area (Å²) in [6.07, 6.45) is -1.00. The highest BCUT2D eigenvalue weighted by molar-refractivity contribution is 7.89. The molecule has 0 spiro atoms. The van der Waals surface area contributed by atoms with Crippen molar-refractivity contribution >= 4 is 26.9 Å². The molecule has 2 heterocycles. The van der Waals surface area contributed by atoms with Gasteiger partial charge in [0.15, 0.2) is 0 Å². The molecule has 5 rings (SSSR count). The molecule has 3 aromatic rings. The van der Waals surface area contributed by atoms with Gasteiger partial charge in [-0.25, -0.2) is 13.2 Å². The normalized spacial score (nSPS) is 24.3. The lowest BCUT2D eigenvalue weighted by Crippen LogP contribution is -2.48. The fourth-order valence-electron chi connectivity index (χ4n) is 4.39. The molecule has 30 heavy (non-hydrogen) atoms. The number of cyclic esters (lactones) is 1. The number of alkyl carbamates (subject to hydrolysis) is 1. The van der Waals surface area contributed by atoms with E-state index in [2.05, 4.69) is 5.32 Å². The summed E-state index contributed by atoms with van der Waals surface area (Å²) in [5, 5.41) is 4.97. The van der Waals surface area contributed by atoms with E-state index in [0.29, 0.717) is 6.54 Å². The molecule has 3 aromatic carbocycles. The minimum absolute atomic E-state index is 0.163. The van der Waals surface area contributed by atoms with Gasteiger partial charge in [-0.1, -0.05) is 54.1 Å². The number of aryl methyl sites for hydroxylation is 1. The predicted octanol–water partition coefficient (Wildman–Crippen LogP) is 3.62. The van der Waals surface area contributed by atoms with Crippen LogP contribution in [0.4, 0.5) is 4.79 Å². The van der Waals surface area contributed by atoms with Gasteiger partial charge in [-0.2, -0.15) is 4.31 Å². The second kappa shape index (κ2) is 7.11. The van der Waals surface area contributed by atoms with Crippen LogP contribution in [0.15, 0.2) is 71.6 Å². The van der Waals surface area contributed by atoms with E-state index in [1.54, 1.807) is 24.3 Å². The van der Waals surface area contributed by atoms with E-state index in [1.807, 2.05) is 49.4 Å². The molecular weight excluding hydrogens is 400 g/mol. The maximum atomic E-state index is 13.2. The molecule has 1 amide bonds. The molecule has 2 aliphatic rings. The van der Waals surface area contributed by atoms with Crippen molar-refractivity contribution in [3.8, 4) is 0 Å². The maximum absolute atomic E-state index is 13.2. The first-order valence-electron chi connectivity index (χ1n) is 9.94. The van der Waals surface area contributed by atoms with Gasteiger partial charge in [-0.15, -0.1) is 0 Å². The minimum atomic E-state index is -3.64. The van der Waals surface area contributed by atoms with Crippen LogP contribution < -0.4 is 5.32 Å². The van der Waals surface area contributed by atoms with Crippen molar-refractivity contribution in [1.29, 1.82) is 0 Å². The zero-order valence-electron chi connectivity index (χ0n) is 16.5. The number of carbonyl (C=O) groups excluding carboxylic acids is 1. The lowest BCUT2D eigenvalue weighted by molar-refractivity contribution is 0.0288. The van der Waals surface area contributed by atoms with Gasteiger partial charge in [0.2, 0.25) is 10.0 Å². The molecule has 1 N–H and O–H groups in total. The molecule has 0 radical (unpaired) electrons. The number of ether oxygens (including phenoxy) is 1. The number of carbonyl (C=O) groups is 1. The third-order valence-corrected chi connectivity index (χ3v) is 7.86. The van der Waals surface area contributed by atoms with E-state index in [-0.39, 0.29) is 23.4 Å². The Kier molecular flexibility index (Phi) is 4.52. The molecule has 2 aliphatic heterocycles. The third-order valence-electron chi connectivity index (χ3n) is 6.02. The molecule has 0 bridgehead atoms. The number of benzene rings is 3. The first kappa shape index (κ1) is 19.1. The van der Waals surface area contributed by atoms with Crippen LogP contribution in [0, 0.1) is 12.8 Å². The van der Waals surface area contributed by atoms with E-state index < -0.39 is 22.2 Å². The average Bonchev–Trinajstić information content (AvgIpc) is 3.18. The van der Waals surface area contributed by atoms with E-state index in [9.17, 15) is 13.2 Å². The van der Waals surface area contributed by atoms with Crippen molar-refractivity contribution in [2.75, 3.05) is 13.1 Å².